The number of esters is 1. The molecule has 1 N–H and O–H groups in total. The maximum absolute atomic E-state index is 11.3. The summed E-state index contributed by atoms with van der Waals surface area (Å²) < 4.78 is 32.4. The van der Waals surface area contributed by atoms with Crippen molar-refractivity contribution in [2.24, 2.45) is 5.92 Å². The second-order valence-electron chi connectivity index (χ2n) is 4.66. The molecule has 1 atom stereocenters. The standard InChI is InChI=1S/C12H17NO5S/c1-17-12(14)11-3-2-10(18-11)7-13-6-9-4-5-19(15,16)8-9/h2-3,9,13H,4-8H2,1H3. The molecule has 1 aromatic heterocycles. The number of ether oxygens (including phenoxy) is 1. The Labute approximate surface area is 112 Å². The highest BCUT2D eigenvalue weighted by Crippen LogP contribution is 2.17. The zero-order chi connectivity index (χ0) is 13.9. The van der Waals surface area contributed by atoms with Gasteiger partial charge in [-0.25, -0.2) is 13.2 Å². The van der Waals surface area contributed by atoms with E-state index in [1.54, 1.807) is 12.1 Å². The van der Waals surface area contributed by atoms with E-state index in [1.165, 1.54) is 7.11 Å². The summed E-state index contributed by atoms with van der Waals surface area (Å²) in [5.41, 5.74) is 0. The van der Waals surface area contributed by atoms with Crippen molar-refractivity contribution in [3.8, 4) is 0 Å². The van der Waals surface area contributed by atoms with Gasteiger partial charge in [-0.15, -0.1) is 0 Å². The van der Waals surface area contributed by atoms with Crippen molar-refractivity contribution in [1.82, 2.24) is 5.32 Å². The highest BCUT2D eigenvalue weighted by molar-refractivity contribution is 7.91. The van der Waals surface area contributed by atoms with Crippen molar-refractivity contribution in [2.75, 3.05) is 25.2 Å². The molecule has 0 aliphatic carbocycles. The molecule has 1 saturated heterocycles. The van der Waals surface area contributed by atoms with Crippen LogP contribution in [0.1, 0.15) is 22.7 Å². The van der Waals surface area contributed by atoms with Gasteiger partial charge in [-0.05, 0) is 31.0 Å². The lowest BCUT2D eigenvalue weighted by molar-refractivity contribution is 0.0563. The molecule has 6 nitrogen and oxygen atoms in total. The Balaban J connectivity index is 1.77. The van der Waals surface area contributed by atoms with Gasteiger partial charge in [0.05, 0.1) is 25.2 Å². The van der Waals surface area contributed by atoms with Crippen LogP contribution in [-0.4, -0.2) is 39.5 Å². The first kappa shape index (κ1) is 14.1. The summed E-state index contributed by atoms with van der Waals surface area (Å²) in [6.45, 7) is 1.10. The van der Waals surface area contributed by atoms with E-state index >= 15 is 0 Å². The van der Waals surface area contributed by atoms with Gasteiger partial charge in [0.15, 0.2) is 9.84 Å². The monoisotopic (exact) mass is 287 g/mol. The van der Waals surface area contributed by atoms with Crippen LogP contribution in [0.4, 0.5) is 0 Å². The molecule has 0 spiro atoms. The number of methoxy groups -OCH3 is 1. The minimum absolute atomic E-state index is 0.167. The lowest BCUT2D eigenvalue weighted by atomic mass is 10.1. The summed E-state index contributed by atoms with van der Waals surface area (Å²) in [5, 5.41) is 3.14. The summed E-state index contributed by atoms with van der Waals surface area (Å²) in [6, 6.07) is 3.26. The Morgan fingerprint density at radius 1 is 1.53 bits per heavy atom. The van der Waals surface area contributed by atoms with E-state index in [9.17, 15) is 13.2 Å². The number of rotatable bonds is 5. The Kier molecular flexibility index (Phi) is 4.26. The van der Waals surface area contributed by atoms with E-state index in [-0.39, 0.29) is 23.2 Å². The molecule has 2 rings (SSSR count). The van der Waals surface area contributed by atoms with Crippen molar-refractivity contribution in [2.45, 2.75) is 13.0 Å². The minimum atomic E-state index is -2.83. The van der Waals surface area contributed by atoms with E-state index in [2.05, 4.69) is 10.1 Å². The molecule has 0 saturated carbocycles. The van der Waals surface area contributed by atoms with E-state index in [0.717, 1.165) is 0 Å². The first-order valence-electron chi connectivity index (χ1n) is 6.08. The van der Waals surface area contributed by atoms with Gasteiger partial charge in [0.2, 0.25) is 5.76 Å². The molecule has 1 unspecified atom stereocenters. The molecule has 0 radical (unpaired) electrons. The van der Waals surface area contributed by atoms with Crippen LogP contribution in [0.2, 0.25) is 0 Å². The third kappa shape index (κ3) is 3.81. The zero-order valence-corrected chi connectivity index (χ0v) is 11.5. The van der Waals surface area contributed by atoms with Gasteiger partial charge in [0.25, 0.3) is 0 Å². The van der Waals surface area contributed by atoms with Crippen LogP contribution in [0.3, 0.4) is 0 Å². The lowest BCUT2D eigenvalue weighted by Crippen LogP contribution is -2.23. The molecular weight excluding hydrogens is 270 g/mol. The summed E-state index contributed by atoms with van der Waals surface area (Å²) in [6.07, 6.45) is 0.709. The van der Waals surface area contributed by atoms with Gasteiger partial charge in [-0.1, -0.05) is 0 Å². The quantitative estimate of drug-likeness (QED) is 0.798. The van der Waals surface area contributed by atoms with Crippen molar-refractivity contribution < 1.29 is 22.4 Å². The first-order valence-corrected chi connectivity index (χ1v) is 7.90. The van der Waals surface area contributed by atoms with Crippen LogP contribution >= 0.6 is 0 Å². The molecular formula is C12H17NO5S. The predicted octanol–water partition coefficient (Wildman–Crippen LogP) is 0.590. The van der Waals surface area contributed by atoms with Crippen molar-refractivity contribution in [3.63, 3.8) is 0 Å². The number of carbonyl (C=O) groups excluding carboxylic acids is 1. The van der Waals surface area contributed by atoms with Gasteiger partial charge in [-0.2, -0.15) is 0 Å². The molecule has 0 amide bonds. The van der Waals surface area contributed by atoms with E-state index in [4.69, 9.17) is 4.42 Å². The topological polar surface area (TPSA) is 85.6 Å². The number of sulfone groups is 1. The molecule has 1 aliphatic rings. The fourth-order valence-electron chi connectivity index (χ4n) is 2.12. The lowest BCUT2D eigenvalue weighted by Gasteiger charge is -2.07. The van der Waals surface area contributed by atoms with Crippen LogP contribution in [0.15, 0.2) is 16.5 Å². The number of hydrogen-bond acceptors (Lipinski definition) is 6. The van der Waals surface area contributed by atoms with Gasteiger partial charge in [-0.3, -0.25) is 0 Å². The van der Waals surface area contributed by atoms with Gasteiger partial charge in [0, 0.05) is 0 Å². The molecule has 0 aromatic carbocycles. The fraction of sp³-hybridized carbons (Fsp3) is 0.583. The Bertz CT molecular complexity index is 548. The van der Waals surface area contributed by atoms with Crippen molar-refractivity contribution in [3.05, 3.63) is 23.7 Å². The van der Waals surface area contributed by atoms with Crippen molar-refractivity contribution in [1.29, 1.82) is 0 Å². The maximum Gasteiger partial charge on any atom is 0.373 e. The van der Waals surface area contributed by atoms with Gasteiger partial charge >= 0.3 is 5.97 Å². The number of furan rings is 1. The average Bonchev–Trinajstić information content (AvgIpc) is 2.95. The van der Waals surface area contributed by atoms with E-state index < -0.39 is 15.8 Å². The second kappa shape index (κ2) is 5.75. The predicted molar refractivity (Wildman–Crippen MR) is 68.5 cm³/mol. The largest absolute Gasteiger partial charge is 0.463 e. The number of hydrogen-bond donors (Lipinski definition) is 1. The Hall–Kier alpha value is -1.34. The Morgan fingerprint density at radius 3 is 2.95 bits per heavy atom. The number of nitrogens with one attached hydrogen (secondary N) is 1. The maximum atomic E-state index is 11.3. The van der Waals surface area contributed by atoms with Crippen LogP contribution < -0.4 is 5.32 Å². The van der Waals surface area contributed by atoms with Crippen LogP contribution in [0.25, 0.3) is 0 Å². The zero-order valence-electron chi connectivity index (χ0n) is 10.7. The average molecular weight is 287 g/mol. The molecule has 0 bridgehead atoms. The second-order valence-corrected chi connectivity index (χ2v) is 6.89. The summed E-state index contributed by atoms with van der Waals surface area (Å²) >= 11 is 0. The van der Waals surface area contributed by atoms with Crippen molar-refractivity contribution >= 4 is 15.8 Å². The molecule has 7 heteroatoms. The normalized spacial score (nSPS) is 21.4. The summed E-state index contributed by atoms with van der Waals surface area (Å²) in [5.74, 6) is 0.996. The minimum Gasteiger partial charge on any atom is -0.463 e. The molecule has 106 valence electrons. The molecule has 2 heterocycles. The van der Waals surface area contributed by atoms with Gasteiger partial charge < -0.3 is 14.5 Å². The highest BCUT2D eigenvalue weighted by Gasteiger charge is 2.27. The fourth-order valence-corrected chi connectivity index (χ4v) is 3.98. The van der Waals surface area contributed by atoms with Crippen LogP contribution in [-0.2, 0) is 21.1 Å². The smallest absolute Gasteiger partial charge is 0.373 e. The third-order valence-electron chi connectivity index (χ3n) is 3.11. The van der Waals surface area contributed by atoms with E-state index in [0.29, 0.717) is 25.3 Å². The summed E-state index contributed by atoms with van der Waals surface area (Å²) in [7, 11) is -1.53. The molecule has 1 aliphatic heterocycles. The van der Waals surface area contributed by atoms with E-state index in [1.807, 2.05) is 0 Å². The first-order chi connectivity index (χ1) is 9.00. The Morgan fingerprint density at radius 2 is 2.32 bits per heavy atom. The van der Waals surface area contributed by atoms with Crippen LogP contribution in [0, 0.1) is 5.92 Å². The molecule has 1 fully saturated rings. The summed E-state index contributed by atoms with van der Waals surface area (Å²) in [4.78, 5) is 11.2. The number of carbonyl (C=O) groups is 1. The van der Waals surface area contributed by atoms with Crippen LogP contribution in [0.5, 0.6) is 0 Å². The highest BCUT2D eigenvalue weighted by atomic mass is 32.2. The van der Waals surface area contributed by atoms with Gasteiger partial charge in [0.1, 0.15) is 5.76 Å². The molecule has 1 aromatic rings. The SMILES string of the molecule is COC(=O)c1ccc(CNCC2CCS(=O)(=O)C2)o1. The third-order valence-corrected chi connectivity index (χ3v) is 4.94. The molecule has 19 heavy (non-hydrogen) atoms.